The summed E-state index contributed by atoms with van der Waals surface area (Å²) in [5, 5.41) is 1.07. The largest absolute Gasteiger partial charge is 0.233 e. The summed E-state index contributed by atoms with van der Waals surface area (Å²) in [6, 6.07) is 35.9. The standard InChI is InChI=1S/C27H20N2/c1-19-28-26-18-24(21-10-6-3-7-11-21)16-17-25(26)27(29-19)23-14-12-22(13-15-23)20-8-4-2-5-9-20/h2-18H,1H3. The molecule has 0 unspecified atom stereocenters. The van der Waals surface area contributed by atoms with Crippen LogP contribution in [-0.2, 0) is 0 Å². The molecule has 0 saturated carbocycles. The van der Waals surface area contributed by atoms with Crippen LogP contribution in [0.4, 0.5) is 0 Å². The molecular formula is C27H20N2. The maximum Gasteiger partial charge on any atom is 0.126 e. The Bertz CT molecular complexity index is 1280. The molecule has 0 fully saturated rings. The molecule has 0 atom stereocenters. The maximum atomic E-state index is 4.77. The van der Waals surface area contributed by atoms with E-state index in [1.54, 1.807) is 0 Å². The molecule has 1 aromatic heterocycles. The Kier molecular flexibility index (Phi) is 4.38. The second kappa shape index (κ2) is 7.33. The van der Waals surface area contributed by atoms with Crippen molar-refractivity contribution in [2.75, 3.05) is 0 Å². The van der Waals surface area contributed by atoms with Crippen molar-refractivity contribution in [3.8, 4) is 33.5 Å². The molecular weight excluding hydrogens is 352 g/mol. The average molecular weight is 372 g/mol. The fourth-order valence-electron chi connectivity index (χ4n) is 3.73. The van der Waals surface area contributed by atoms with E-state index < -0.39 is 0 Å². The first-order valence-corrected chi connectivity index (χ1v) is 9.78. The second-order valence-electron chi connectivity index (χ2n) is 7.16. The van der Waals surface area contributed by atoms with Crippen molar-refractivity contribution in [1.29, 1.82) is 0 Å². The van der Waals surface area contributed by atoms with Crippen molar-refractivity contribution in [3.05, 3.63) is 109 Å². The minimum atomic E-state index is 0.782. The third-order valence-electron chi connectivity index (χ3n) is 5.18. The summed E-state index contributed by atoms with van der Waals surface area (Å²) in [7, 11) is 0. The monoisotopic (exact) mass is 372 g/mol. The van der Waals surface area contributed by atoms with E-state index in [2.05, 4.69) is 91.0 Å². The molecule has 0 radical (unpaired) electrons. The maximum absolute atomic E-state index is 4.77. The third-order valence-corrected chi connectivity index (χ3v) is 5.18. The molecule has 0 saturated heterocycles. The van der Waals surface area contributed by atoms with Crippen LogP contribution in [0.5, 0.6) is 0 Å². The number of nitrogens with zero attached hydrogens (tertiary/aromatic N) is 2. The molecule has 2 nitrogen and oxygen atoms in total. The molecule has 0 N–H and O–H groups in total. The minimum absolute atomic E-state index is 0.782. The lowest BCUT2D eigenvalue weighted by molar-refractivity contribution is 1.10. The summed E-state index contributed by atoms with van der Waals surface area (Å²) >= 11 is 0. The summed E-state index contributed by atoms with van der Waals surface area (Å²) in [6.45, 7) is 1.95. The van der Waals surface area contributed by atoms with Gasteiger partial charge in [0.2, 0.25) is 0 Å². The third kappa shape index (κ3) is 3.41. The molecule has 4 aromatic carbocycles. The second-order valence-corrected chi connectivity index (χ2v) is 7.16. The van der Waals surface area contributed by atoms with Crippen molar-refractivity contribution in [3.63, 3.8) is 0 Å². The first-order valence-electron chi connectivity index (χ1n) is 9.78. The van der Waals surface area contributed by atoms with Crippen LogP contribution in [0.3, 0.4) is 0 Å². The van der Waals surface area contributed by atoms with Gasteiger partial charge in [0.05, 0.1) is 11.2 Å². The molecule has 0 aliphatic carbocycles. The van der Waals surface area contributed by atoms with Crippen molar-refractivity contribution in [2.24, 2.45) is 0 Å². The Morgan fingerprint density at radius 2 is 1.00 bits per heavy atom. The van der Waals surface area contributed by atoms with Gasteiger partial charge in [0.1, 0.15) is 5.82 Å². The quantitative estimate of drug-likeness (QED) is 0.343. The van der Waals surface area contributed by atoms with Gasteiger partial charge in [-0.05, 0) is 41.3 Å². The molecule has 0 aliphatic rings. The van der Waals surface area contributed by atoms with Crippen LogP contribution < -0.4 is 0 Å². The van der Waals surface area contributed by atoms with Gasteiger partial charge in [0, 0.05) is 10.9 Å². The summed E-state index contributed by atoms with van der Waals surface area (Å²) in [4.78, 5) is 9.47. The van der Waals surface area contributed by atoms with Gasteiger partial charge in [-0.1, -0.05) is 91.0 Å². The molecule has 0 aliphatic heterocycles. The number of fused-ring (bicyclic) bond motifs is 1. The average Bonchev–Trinajstić information content (AvgIpc) is 2.79. The molecule has 2 heteroatoms. The van der Waals surface area contributed by atoms with Crippen LogP contribution in [0, 0.1) is 6.92 Å². The van der Waals surface area contributed by atoms with Crippen molar-refractivity contribution >= 4 is 10.9 Å². The van der Waals surface area contributed by atoms with E-state index >= 15 is 0 Å². The highest BCUT2D eigenvalue weighted by Crippen LogP contribution is 2.31. The Hall–Kier alpha value is -3.78. The minimum Gasteiger partial charge on any atom is -0.233 e. The summed E-state index contributed by atoms with van der Waals surface area (Å²) in [5.74, 6) is 0.782. The molecule has 138 valence electrons. The molecule has 5 aromatic rings. The zero-order valence-corrected chi connectivity index (χ0v) is 16.2. The number of aromatic nitrogens is 2. The fraction of sp³-hybridized carbons (Fsp3) is 0.0370. The Morgan fingerprint density at radius 1 is 0.483 bits per heavy atom. The molecule has 0 bridgehead atoms. The topological polar surface area (TPSA) is 25.8 Å². The zero-order chi connectivity index (χ0) is 19.6. The SMILES string of the molecule is Cc1nc(-c2ccc(-c3ccccc3)cc2)c2ccc(-c3ccccc3)cc2n1. The highest BCUT2D eigenvalue weighted by Gasteiger charge is 2.10. The predicted octanol–water partition coefficient (Wildman–Crippen LogP) is 6.94. The Morgan fingerprint density at radius 3 is 1.66 bits per heavy atom. The van der Waals surface area contributed by atoms with E-state index in [1.807, 2.05) is 19.1 Å². The lowest BCUT2D eigenvalue weighted by Crippen LogP contribution is -1.94. The number of aryl methyl sites for hydroxylation is 1. The van der Waals surface area contributed by atoms with Crippen LogP contribution in [0.25, 0.3) is 44.4 Å². The molecule has 29 heavy (non-hydrogen) atoms. The molecule has 0 amide bonds. The van der Waals surface area contributed by atoms with E-state index in [1.165, 1.54) is 22.3 Å². The van der Waals surface area contributed by atoms with Crippen LogP contribution in [-0.4, -0.2) is 9.97 Å². The van der Waals surface area contributed by atoms with Crippen LogP contribution in [0.1, 0.15) is 5.82 Å². The van der Waals surface area contributed by atoms with E-state index in [4.69, 9.17) is 9.97 Å². The van der Waals surface area contributed by atoms with E-state index in [9.17, 15) is 0 Å². The number of hydrogen-bond acceptors (Lipinski definition) is 2. The van der Waals surface area contributed by atoms with Gasteiger partial charge in [-0.2, -0.15) is 0 Å². The molecule has 0 spiro atoms. The fourth-order valence-corrected chi connectivity index (χ4v) is 3.73. The van der Waals surface area contributed by atoms with Gasteiger partial charge in [-0.25, -0.2) is 9.97 Å². The van der Waals surface area contributed by atoms with Gasteiger partial charge in [0.25, 0.3) is 0 Å². The predicted molar refractivity (Wildman–Crippen MR) is 121 cm³/mol. The number of rotatable bonds is 3. The van der Waals surface area contributed by atoms with Gasteiger partial charge in [-0.15, -0.1) is 0 Å². The molecule has 5 rings (SSSR count). The Labute approximate surface area is 170 Å². The first kappa shape index (κ1) is 17.3. The van der Waals surface area contributed by atoms with Gasteiger partial charge in [0.15, 0.2) is 0 Å². The number of hydrogen-bond donors (Lipinski definition) is 0. The van der Waals surface area contributed by atoms with Crippen molar-refractivity contribution in [1.82, 2.24) is 9.97 Å². The van der Waals surface area contributed by atoms with Crippen molar-refractivity contribution < 1.29 is 0 Å². The summed E-state index contributed by atoms with van der Waals surface area (Å²) in [6.07, 6.45) is 0. The van der Waals surface area contributed by atoms with Crippen LogP contribution in [0.2, 0.25) is 0 Å². The lowest BCUT2D eigenvalue weighted by atomic mass is 9.99. The normalized spacial score (nSPS) is 10.9. The zero-order valence-electron chi connectivity index (χ0n) is 16.2. The molecule has 1 heterocycles. The first-order chi connectivity index (χ1) is 14.3. The van der Waals surface area contributed by atoms with E-state index in [0.29, 0.717) is 0 Å². The summed E-state index contributed by atoms with van der Waals surface area (Å²) < 4.78 is 0. The smallest absolute Gasteiger partial charge is 0.126 e. The highest BCUT2D eigenvalue weighted by atomic mass is 14.9. The highest BCUT2D eigenvalue weighted by molar-refractivity contribution is 5.95. The van der Waals surface area contributed by atoms with Gasteiger partial charge in [-0.3, -0.25) is 0 Å². The van der Waals surface area contributed by atoms with Gasteiger partial charge >= 0.3 is 0 Å². The van der Waals surface area contributed by atoms with Gasteiger partial charge < -0.3 is 0 Å². The Balaban J connectivity index is 1.60. The number of benzene rings is 4. The van der Waals surface area contributed by atoms with Crippen LogP contribution in [0.15, 0.2) is 103 Å². The van der Waals surface area contributed by atoms with E-state index in [-0.39, 0.29) is 0 Å². The summed E-state index contributed by atoms with van der Waals surface area (Å²) in [5.41, 5.74) is 7.84. The van der Waals surface area contributed by atoms with Crippen LogP contribution >= 0.6 is 0 Å². The lowest BCUT2D eigenvalue weighted by Gasteiger charge is -2.10. The van der Waals surface area contributed by atoms with E-state index in [0.717, 1.165) is 28.0 Å². The van der Waals surface area contributed by atoms with Crippen molar-refractivity contribution in [2.45, 2.75) is 6.92 Å².